The maximum atomic E-state index is 2.54. The van der Waals surface area contributed by atoms with Crippen molar-refractivity contribution in [3.63, 3.8) is 0 Å². The van der Waals surface area contributed by atoms with Gasteiger partial charge in [0.1, 0.15) is 0 Å². The molecule has 0 aliphatic heterocycles. The first-order valence-corrected chi connectivity index (χ1v) is 4.67. The van der Waals surface area contributed by atoms with Crippen LogP contribution in [0.3, 0.4) is 0 Å². The molecule has 0 amide bonds. The highest BCUT2D eigenvalue weighted by atomic mass is 15.1. The molecule has 0 aromatic rings. The fourth-order valence-corrected chi connectivity index (χ4v) is 4.09. The van der Waals surface area contributed by atoms with Crippen LogP contribution in [-0.2, 0) is 0 Å². The van der Waals surface area contributed by atoms with Crippen LogP contribution in [0.1, 0.15) is 34.1 Å². The first kappa shape index (κ1) is 6.28. The van der Waals surface area contributed by atoms with Crippen molar-refractivity contribution in [2.75, 3.05) is 0 Å². The van der Waals surface area contributed by atoms with Gasteiger partial charge in [0.05, 0.1) is 0 Å². The summed E-state index contributed by atoms with van der Waals surface area (Å²) in [5, 5.41) is 0. The van der Waals surface area contributed by atoms with Crippen molar-refractivity contribution in [2.45, 2.75) is 34.1 Å². The molecule has 3 atom stereocenters. The summed E-state index contributed by atoms with van der Waals surface area (Å²) in [4.78, 5) is 0. The van der Waals surface area contributed by atoms with Crippen LogP contribution in [0.15, 0.2) is 11.6 Å². The van der Waals surface area contributed by atoms with Gasteiger partial charge in [-0.2, -0.15) is 0 Å². The number of hydrogen-bond acceptors (Lipinski definition) is 0. The zero-order valence-electron chi connectivity index (χ0n) is 7.86. The molecule has 0 saturated heterocycles. The molecule has 60 valence electrons. The van der Waals surface area contributed by atoms with E-state index in [1.807, 2.05) is 0 Å². The molecule has 0 heterocycles. The van der Waals surface area contributed by atoms with Crippen LogP contribution < -0.4 is 0 Å². The van der Waals surface area contributed by atoms with E-state index < -0.39 is 0 Å². The van der Waals surface area contributed by atoms with Gasteiger partial charge in [-0.3, -0.25) is 0 Å². The van der Waals surface area contributed by atoms with Crippen LogP contribution in [0.25, 0.3) is 0 Å². The largest absolute Gasteiger partial charge is 0.0798 e. The van der Waals surface area contributed by atoms with Gasteiger partial charge in [0.2, 0.25) is 0 Å². The first-order valence-electron chi connectivity index (χ1n) is 4.67. The van der Waals surface area contributed by atoms with E-state index in [-0.39, 0.29) is 0 Å². The molecule has 3 fully saturated rings. The molecule has 0 aromatic heterocycles. The van der Waals surface area contributed by atoms with E-state index in [9.17, 15) is 0 Å². The summed E-state index contributed by atoms with van der Waals surface area (Å²) in [7, 11) is 0. The Bertz CT molecular complexity index is 274. The van der Waals surface area contributed by atoms with Crippen LogP contribution in [0.2, 0.25) is 0 Å². The SMILES string of the molecule is CC(C)=CC12C3CC31C2(C)C. The van der Waals surface area contributed by atoms with Gasteiger partial charge in [0, 0.05) is 5.41 Å². The van der Waals surface area contributed by atoms with E-state index >= 15 is 0 Å². The quantitative estimate of drug-likeness (QED) is 0.501. The van der Waals surface area contributed by atoms with Crippen LogP contribution in [-0.4, -0.2) is 0 Å². The monoisotopic (exact) mass is 148 g/mol. The van der Waals surface area contributed by atoms with Crippen LogP contribution in [0.5, 0.6) is 0 Å². The number of hydrogen-bond donors (Lipinski definition) is 0. The van der Waals surface area contributed by atoms with E-state index in [4.69, 9.17) is 0 Å². The molecule has 0 bridgehead atoms. The summed E-state index contributed by atoms with van der Waals surface area (Å²) in [6.45, 7) is 9.34. The van der Waals surface area contributed by atoms with Gasteiger partial charge >= 0.3 is 0 Å². The third kappa shape index (κ3) is 0.319. The molecule has 0 nitrogen and oxygen atoms in total. The molecule has 11 heavy (non-hydrogen) atoms. The Kier molecular flexibility index (Phi) is 0.641. The van der Waals surface area contributed by atoms with Gasteiger partial charge < -0.3 is 0 Å². The standard InChI is InChI=1S/C11H16/c1-7(2)5-10-8-6-11(8,10)9(10,3)4/h5,8H,6H2,1-4H3. The average molecular weight is 148 g/mol. The van der Waals surface area contributed by atoms with Gasteiger partial charge in [-0.05, 0) is 37.0 Å². The summed E-state index contributed by atoms with van der Waals surface area (Å²) in [5.41, 5.74) is 3.72. The van der Waals surface area contributed by atoms with Crippen LogP contribution >= 0.6 is 0 Å². The molecule has 3 aliphatic carbocycles. The second kappa shape index (κ2) is 1.12. The Morgan fingerprint density at radius 2 is 2.00 bits per heavy atom. The molecule has 3 rings (SSSR count). The zero-order valence-corrected chi connectivity index (χ0v) is 7.86. The second-order valence-corrected chi connectivity index (χ2v) is 5.44. The van der Waals surface area contributed by atoms with Gasteiger partial charge in [0.15, 0.2) is 0 Å². The summed E-state index contributed by atoms with van der Waals surface area (Å²) in [5.74, 6) is 1.11. The van der Waals surface area contributed by atoms with Crippen molar-refractivity contribution >= 4 is 0 Å². The predicted octanol–water partition coefficient (Wildman–Crippen LogP) is 3.00. The van der Waals surface area contributed by atoms with Gasteiger partial charge in [-0.1, -0.05) is 25.5 Å². The first-order chi connectivity index (χ1) is 5.01. The Morgan fingerprint density at radius 1 is 1.36 bits per heavy atom. The minimum atomic E-state index is 0.669. The Morgan fingerprint density at radius 3 is 2.09 bits per heavy atom. The van der Waals surface area contributed by atoms with E-state index in [1.54, 1.807) is 0 Å². The Balaban J connectivity index is 1.99. The topological polar surface area (TPSA) is 0 Å². The number of rotatable bonds is 1. The normalized spacial score (nSPS) is 59.1. The summed E-state index contributed by atoms with van der Waals surface area (Å²) >= 11 is 0. The van der Waals surface area contributed by atoms with Crippen molar-refractivity contribution < 1.29 is 0 Å². The summed E-state index contributed by atoms with van der Waals surface area (Å²) < 4.78 is 0. The van der Waals surface area contributed by atoms with Crippen molar-refractivity contribution in [3.05, 3.63) is 11.6 Å². The van der Waals surface area contributed by atoms with E-state index in [0.717, 1.165) is 11.3 Å². The predicted molar refractivity (Wildman–Crippen MR) is 46.2 cm³/mol. The summed E-state index contributed by atoms with van der Waals surface area (Å²) in [6.07, 6.45) is 4.07. The van der Waals surface area contributed by atoms with E-state index in [1.165, 1.54) is 12.0 Å². The van der Waals surface area contributed by atoms with Gasteiger partial charge in [0.25, 0.3) is 0 Å². The highest BCUT2D eigenvalue weighted by Crippen LogP contribution is 3.14. The van der Waals surface area contributed by atoms with Gasteiger partial charge in [-0.15, -0.1) is 0 Å². The third-order valence-corrected chi connectivity index (χ3v) is 4.77. The maximum Gasteiger partial charge on any atom is 0.00402 e. The van der Waals surface area contributed by atoms with E-state index in [2.05, 4.69) is 33.8 Å². The Labute approximate surface area is 68.7 Å². The third-order valence-electron chi connectivity index (χ3n) is 4.77. The molecule has 1 spiro atoms. The lowest BCUT2D eigenvalue weighted by Crippen LogP contribution is -2.07. The Hall–Kier alpha value is -0.260. The fourth-order valence-electron chi connectivity index (χ4n) is 4.09. The van der Waals surface area contributed by atoms with Crippen molar-refractivity contribution in [3.8, 4) is 0 Å². The maximum absolute atomic E-state index is 2.54. The molecule has 0 heteroatoms. The molecule has 0 N–H and O–H groups in total. The summed E-state index contributed by atoms with van der Waals surface area (Å²) in [6, 6.07) is 0. The minimum Gasteiger partial charge on any atom is -0.0798 e. The lowest BCUT2D eigenvalue weighted by atomic mass is 9.90. The number of fused-ring (bicyclic) bond motifs is 1. The molecule has 0 radical (unpaired) electrons. The average Bonchev–Trinajstić information content (AvgIpc) is 2.68. The molecule has 0 aromatic carbocycles. The molecule has 3 unspecified atom stereocenters. The number of allylic oxidation sites excluding steroid dienone is 2. The highest BCUT2D eigenvalue weighted by Gasteiger charge is 3.10. The molecule has 3 saturated carbocycles. The van der Waals surface area contributed by atoms with Crippen LogP contribution in [0.4, 0.5) is 0 Å². The van der Waals surface area contributed by atoms with Crippen LogP contribution in [0, 0.1) is 22.2 Å². The zero-order chi connectivity index (χ0) is 8.07. The van der Waals surface area contributed by atoms with Crippen molar-refractivity contribution in [2.24, 2.45) is 22.2 Å². The smallest absolute Gasteiger partial charge is 0.00402 e. The second-order valence-electron chi connectivity index (χ2n) is 5.44. The molecular formula is C11H16. The van der Waals surface area contributed by atoms with Crippen molar-refractivity contribution in [1.29, 1.82) is 0 Å². The van der Waals surface area contributed by atoms with Gasteiger partial charge in [-0.25, -0.2) is 0 Å². The molecule has 3 aliphatic rings. The minimum absolute atomic E-state index is 0.669. The van der Waals surface area contributed by atoms with E-state index in [0.29, 0.717) is 10.8 Å². The lowest BCUT2D eigenvalue weighted by molar-refractivity contribution is 0.395. The highest BCUT2D eigenvalue weighted by molar-refractivity contribution is 5.62. The lowest BCUT2D eigenvalue weighted by Gasteiger charge is -2.14. The molecular weight excluding hydrogens is 132 g/mol. The van der Waals surface area contributed by atoms with Crippen molar-refractivity contribution in [1.82, 2.24) is 0 Å². The fraction of sp³-hybridized carbons (Fsp3) is 0.818.